The van der Waals surface area contributed by atoms with Crippen molar-refractivity contribution in [3.8, 4) is 0 Å². The van der Waals surface area contributed by atoms with E-state index in [4.69, 9.17) is 27.7 Å². The van der Waals surface area contributed by atoms with Crippen LogP contribution in [-0.2, 0) is 6.54 Å². The summed E-state index contributed by atoms with van der Waals surface area (Å²) in [7, 11) is 0. The van der Waals surface area contributed by atoms with Crippen LogP contribution in [0.4, 0.5) is 4.39 Å². The van der Waals surface area contributed by atoms with E-state index in [1.165, 1.54) is 18.4 Å². The fraction of sp³-hybridized carbons (Fsp3) is 0.412. The van der Waals surface area contributed by atoms with Crippen LogP contribution in [0.25, 0.3) is 0 Å². The number of nitrogens with zero attached hydrogens (tertiary/aromatic N) is 2. The highest BCUT2D eigenvalue weighted by atomic mass is 35.5. The molecule has 3 rings (SSSR count). The number of benzene rings is 1. The second-order valence-electron chi connectivity index (χ2n) is 6.26. The highest BCUT2D eigenvalue weighted by molar-refractivity contribution is 6.35. The normalized spacial score (nSPS) is 17.4. The van der Waals surface area contributed by atoms with Gasteiger partial charge in [-0.3, -0.25) is 9.69 Å². The number of hydrogen-bond acceptors (Lipinski definition) is 4. The molecule has 0 bridgehead atoms. The molecule has 25 heavy (non-hydrogen) atoms. The first-order chi connectivity index (χ1) is 11.9. The summed E-state index contributed by atoms with van der Waals surface area (Å²) in [6, 6.07) is 6.36. The highest BCUT2D eigenvalue weighted by Gasteiger charge is 2.35. The maximum absolute atomic E-state index is 14.9. The molecule has 1 fully saturated rings. The largest absolute Gasteiger partial charge is 0.364 e. The van der Waals surface area contributed by atoms with Gasteiger partial charge in [-0.05, 0) is 31.0 Å². The first-order valence-electron chi connectivity index (χ1n) is 7.98. The Morgan fingerprint density at radius 3 is 2.56 bits per heavy atom. The molecule has 1 aliphatic rings. The Labute approximate surface area is 155 Å². The average molecular weight is 386 g/mol. The molecule has 0 spiro atoms. The Morgan fingerprint density at radius 2 is 1.96 bits per heavy atom. The molecule has 0 unspecified atom stereocenters. The third-order valence-corrected chi connectivity index (χ3v) is 4.76. The topological polar surface area (TPSA) is 58.4 Å². The number of nitrogens with one attached hydrogen (secondary N) is 1. The predicted molar refractivity (Wildman–Crippen MR) is 93.6 cm³/mol. The number of carbonyl (C=O) groups is 1. The molecule has 1 aromatic heterocycles. The number of alkyl halides is 1. The van der Waals surface area contributed by atoms with Crippen LogP contribution in [0, 0.1) is 0 Å². The lowest BCUT2D eigenvalue weighted by Gasteiger charge is -2.36. The van der Waals surface area contributed by atoms with Crippen molar-refractivity contribution < 1.29 is 13.7 Å². The molecule has 8 heteroatoms. The molecule has 1 aromatic carbocycles. The van der Waals surface area contributed by atoms with E-state index in [0.717, 1.165) is 5.69 Å². The molecule has 1 aliphatic heterocycles. The lowest BCUT2D eigenvalue weighted by atomic mass is 9.93. The van der Waals surface area contributed by atoms with Crippen LogP contribution in [0.2, 0.25) is 10.0 Å². The minimum Gasteiger partial charge on any atom is -0.364 e. The molecule has 0 atom stereocenters. The standard InChI is InChI=1S/C17H18Cl2FN3O2/c18-13-7-12(8-14(19)9-13)16(24)21-11-17(20)2-4-23(5-3-17)10-15-1-6-25-22-15/h1,6-9H,2-5,10-11H2,(H,21,24). The average Bonchev–Trinajstić information content (AvgIpc) is 3.07. The number of carbonyl (C=O) groups excluding carboxylic acids is 1. The van der Waals surface area contributed by atoms with Crippen molar-refractivity contribution >= 4 is 29.1 Å². The van der Waals surface area contributed by atoms with Gasteiger partial charge in [0, 0.05) is 41.3 Å². The molecular weight excluding hydrogens is 368 g/mol. The van der Waals surface area contributed by atoms with Gasteiger partial charge in [0.25, 0.3) is 5.91 Å². The van der Waals surface area contributed by atoms with E-state index in [2.05, 4.69) is 15.4 Å². The van der Waals surface area contributed by atoms with Crippen LogP contribution >= 0.6 is 23.2 Å². The summed E-state index contributed by atoms with van der Waals surface area (Å²) in [5, 5.41) is 7.25. The monoisotopic (exact) mass is 385 g/mol. The van der Waals surface area contributed by atoms with Gasteiger partial charge < -0.3 is 9.84 Å². The Kier molecular flexibility index (Phi) is 5.61. The number of rotatable bonds is 5. The van der Waals surface area contributed by atoms with Crippen LogP contribution in [0.5, 0.6) is 0 Å². The van der Waals surface area contributed by atoms with E-state index in [9.17, 15) is 9.18 Å². The molecule has 1 saturated heterocycles. The molecular formula is C17H18Cl2FN3O2. The van der Waals surface area contributed by atoms with Crippen molar-refractivity contribution in [3.05, 3.63) is 51.8 Å². The third-order valence-electron chi connectivity index (χ3n) is 4.32. The summed E-state index contributed by atoms with van der Waals surface area (Å²) in [4.78, 5) is 14.3. The van der Waals surface area contributed by atoms with E-state index < -0.39 is 5.67 Å². The van der Waals surface area contributed by atoms with E-state index in [1.807, 2.05) is 0 Å². The number of aromatic nitrogens is 1. The van der Waals surface area contributed by atoms with Crippen LogP contribution < -0.4 is 5.32 Å². The zero-order chi connectivity index (χ0) is 17.9. The van der Waals surface area contributed by atoms with Crippen molar-refractivity contribution in [2.45, 2.75) is 25.1 Å². The Morgan fingerprint density at radius 1 is 1.28 bits per heavy atom. The van der Waals surface area contributed by atoms with Gasteiger partial charge >= 0.3 is 0 Å². The minimum absolute atomic E-state index is 0.0340. The van der Waals surface area contributed by atoms with E-state index in [0.29, 0.717) is 48.1 Å². The summed E-state index contributed by atoms with van der Waals surface area (Å²) in [5.74, 6) is -0.383. The fourth-order valence-corrected chi connectivity index (χ4v) is 3.39. The van der Waals surface area contributed by atoms with Crippen LogP contribution in [0.3, 0.4) is 0 Å². The minimum atomic E-state index is -1.42. The van der Waals surface area contributed by atoms with Crippen molar-refractivity contribution in [2.75, 3.05) is 19.6 Å². The SMILES string of the molecule is O=C(NCC1(F)CCN(Cc2ccon2)CC1)c1cc(Cl)cc(Cl)c1. The van der Waals surface area contributed by atoms with Gasteiger partial charge in [0.1, 0.15) is 11.9 Å². The number of piperidine rings is 1. The Balaban J connectivity index is 1.50. The number of hydrogen-bond donors (Lipinski definition) is 1. The molecule has 134 valence electrons. The first kappa shape index (κ1) is 18.2. The maximum atomic E-state index is 14.9. The molecule has 0 saturated carbocycles. The zero-order valence-electron chi connectivity index (χ0n) is 13.5. The van der Waals surface area contributed by atoms with Gasteiger partial charge in [-0.2, -0.15) is 0 Å². The summed E-state index contributed by atoms with van der Waals surface area (Å²) in [6.07, 6.45) is 2.22. The lowest BCUT2D eigenvalue weighted by Crippen LogP contribution is -2.48. The van der Waals surface area contributed by atoms with Crippen molar-refractivity contribution in [2.24, 2.45) is 0 Å². The summed E-state index contributed by atoms with van der Waals surface area (Å²) >= 11 is 11.8. The van der Waals surface area contributed by atoms with Crippen molar-refractivity contribution in [1.82, 2.24) is 15.4 Å². The quantitative estimate of drug-likeness (QED) is 0.851. The van der Waals surface area contributed by atoms with Gasteiger partial charge in [-0.1, -0.05) is 28.4 Å². The molecule has 2 heterocycles. The Hall–Kier alpha value is -1.63. The molecule has 1 amide bonds. The maximum Gasteiger partial charge on any atom is 0.251 e. The number of halogens is 3. The van der Waals surface area contributed by atoms with Gasteiger partial charge in [0.05, 0.1) is 12.2 Å². The van der Waals surface area contributed by atoms with E-state index in [1.54, 1.807) is 12.1 Å². The number of likely N-dealkylation sites (tertiary alicyclic amines) is 1. The summed E-state index contributed by atoms with van der Waals surface area (Å²) in [6.45, 7) is 1.80. The van der Waals surface area contributed by atoms with Gasteiger partial charge in [0.2, 0.25) is 0 Å². The van der Waals surface area contributed by atoms with Gasteiger partial charge in [-0.25, -0.2) is 4.39 Å². The van der Waals surface area contributed by atoms with Crippen LogP contribution in [0.1, 0.15) is 28.9 Å². The van der Waals surface area contributed by atoms with E-state index in [-0.39, 0.29) is 12.5 Å². The number of amides is 1. The lowest BCUT2D eigenvalue weighted by molar-refractivity contribution is 0.0510. The van der Waals surface area contributed by atoms with Crippen LogP contribution in [-0.4, -0.2) is 41.3 Å². The van der Waals surface area contributed by atoms with Crippen molar-refractivity contribution in [1.29, 1.82) is 0 Å². The molecule has 5 nitrogen and oxygen atoms in total. The molecule has 0 aliphatic carbocycles. The molecule has 0 radical (unpaired) electrons. The predicted octanol–water partition coefficient (Wildman–Crippen LogP) is 3.72. The molecule has 1 N–H and O–H groups in total. The molecule has 2 aromatic rings. The Bertz CT molecular complexity index is 711. The van der Waals surface area contributed by atoms with Crippen molar-refractivity contribution in [3.63, 3.8) is 0 Å². The second-order valence-corrected chi connectivity index (χ2v) is 7.13. The smallest absolute Gasteiger partial charge is 0.251 e. The third kappa shape index (κ3) is 4.93. The highest BCUT2D eigenvalue weighted by Crippen LogP contribution is 2.27. The fourth-order valence-electron chi connectivity index (χ4n) is 2.86. The van der Waals surface area contributed by atoms with Gasteiger partial charge in [0.15, 0.2) is 0 Å². The summed E-state index contributed by atoms with van der Waals surface area (Å²) < 4.78 is 19.7. The van der Waals surface area contributed by atoms with Crippen LogP contribution in [0.15, 0.2) is 35.1 Å². The summed E-state index contributed by atoms with van der Waals surface area (Å²) in [5.41, 5.74) is -0.264. The first-order valence-corrected chi connectivity index (χ1v) is 8.74. The zero-order valence-corrected chi connectivity index (χ0v) is 15.0. The van der Waals surface area contributed by atoms with E-state index >= 15 is 0 Å². The second kappa shape index (κ2) is 7.72. The van der Waals surface area contributed by atoms with Gasteiger partial charge in [-0.15, -0.1) is 0 Å².